The van der Waals surface area contributed by atoms with Gasteiger partial charge in [-0.25, -0.2) is 17.5 Å². The van der Waals surface area contributed by atoms with Gasteiger partial charge in [0.15, 0.2) is 5.75 Å². The van der Waals surface area contributed by atoms with Crippen LogP contribution < -0.4 is 20.1 Å². The number of piperidine rings is 1. The fourth-order valence-electron chi connectivity index (χ4n) is 4.71. The van der Waals surface area contributed by atoms with Crippen LogP contribution in [0.15, 0.2) is 35.2 Å². The van der Waals surface area contributed by atoms with E-state index in [0.29, 0.717) is 27.9 Å². The van der Waals surface area contributed by atoms with Crippen LogP contribution in [-0.2, 0) is 21.2 Å². The number of hydrogen-bond donors (Lipinski definition) is 3. The third-order valence-corrected chi connectivity index (χ3v) is 9.31. The number of carbonyl (C=O) groups excluding carboxylic acids is 1. The normalized spacial score (nSPS) is 14.8. The van der Waals surface area contributed by atoms with Crippen molar-refractivity contribution < 1.29 is 44.3 Å². The van der Waals surface area contributed by atoms with Crippen molar-refractivity contribution in [2.24, 2.45) is 0 Å². The predicted octanol–water partition coefficient (Wildman–Crippen LogP) is 5.54. The van der Waals surface area contributed by atoms with E-state index in [1.165, 1.54) is 4.72 Å². The largest absolute Gasteiger partial charge is 0.433 e. The van der Waals surface area contributed by atoms with E-state index in [-0.39, 0.29) is 23.0 Å². The van der Waals surface area contributed by atoms with Crippen LogP contribution in [0.5, 0.6) is 5.75 Å². The number of hydrogen-bond acceptors (Lipinski definition) is 8. The maximum Gasteiger partial charge on any atom is 0.393 e. The number of thiophene rings is 1. The predicted molar refractivity (Wildman–Crippen MR) is 155 cm³/mol. The van der Waals surface area contributed by atoms with Crippen molar-refractivity contribution in [1.29, 1.82) is 0 Å². The van der Waals surface area contributed by atoms with Crippen molar-refractivity contribution in [3.63, 3.8) is 0 Å². The highest BCUT2D eigenvalue weighted by atomic mass is 32.2. The number of halogens is 6. The molecule has 2 aromatic carbocycles. The first-order valence-corrected chi connectivity index (χ1v) is 15.5. The summed E-state index contributed by atoms with van der Waals surface area (Å²) in [6.07, 6.45) is -3.98. The fraction of sp³-hybridized carbons (Fsp3) is 0.393. The molecule has 238 valence electrons. The van der Waals surface area contributed by atoms with Crippen LogP contribution in [0.4, 0.5) is 37.7 Å². The van der Waals surface area contributed by atoms with E-state index in [1.807, 2.05) is 13.1 Å². The van der Waals surface area contributed by atoms with Gasteiger partial charge in [0, 0.05) is 25.1 Å². The van der Waals surface area contributed by atoms with Crippen molar-refractivity contribution in [3.8, 4) is 17.6 Å². The molecular weight excluding hydrogens is 634 g/mol. The van der Waals surface area contributed by atoms with Crippen LogP contribution in [0.3, 0.4) is 0 Å². The lowest BCUT2D eigenvalue weighted by atomic mass is 10.0. The minimum Gasteiger partial charge on any atom is -0.433 e. The summed E-state index contributed by atoms with van der Waals surface area (Å²) >= 11 is 1.09. The molecule has 0 saturated carbocycles. The van der Waals surface area contributed by atoms with Gasteiger partial charge in [0.2, 0.25) is 5.91 Å². The van der Waals surface area contributed by atoms with Gasteiger partial charge >= 0.3 is 12.8 Å². The summed E-state index contributed by atoms with van der Waals surface area (Å²) < 4.78 is 112. The Morgan fingerprint density at radius 3 is 2.52 bits per heavy atom. The monoisotopic (exact) mass is 662 g/mol. The molecule has 0 aliphatic carbocycles. The molecule has 16 heteroatoms. The first-order valence-electron chi connectivity index (χ1n) is 13.2. The van der Waals surface area contributed by atoms with Gasteiger partial charge in [-0.15, -0.1) is 11.3 Å². The highest BCUT2D eigenvalue weighted by molar-refractivity contribution is 7.90. The van der Waals surface area contributed by atoms with E-state index < -0.39 is 57.3 Å². The Balaban J connectivity index is 1.62. The molecule has 1 aliphatic rings. The SMILES string of the molecule is CC(=O)NS(=O)(=O)c1cc(OC(F)F)c(NCC#Cc2sc3c(NC4CCN(C)CC4)cccc3c2CC(F)(F)F)cc1F. The highest BCUT2D eigenvalue weighted by Crippen LogP contribution is 2.39. The summed E-state index contributed by atoms with van der Waals surface area (Å²) in [6.45, 7) is -1.11. The van der Waals surface area contributed by atoms with Crippen molar-refractivity contribution in [1.82, 2.24) is 9.62 Å². The Labute approximate surface area is 253 Å². The summed E-state index contributed by atoms with van der Waals surface area (Å²) in [7, 11) is -2.70. The zero-order valence-electron chi connectivity index (χ0n) is 23.4. The second-order valence-corrected chi connectivity index (χ2v) is 12.8. The van der Waals surface area contributed by atoms with Crippen LogP contribution in [-0.4, -0.2) is 64.7 Å². The fourth-order valence-corrected chi connectivity index (χ4v) is 6.95. The Morgan fingerprint density at radius 2 is 1.89 bits per heavy atom. The number of nitrogens with zero attached hydrogens (tertiary/aromatic N) is 1. The smallest absolute Gasteiger partial charge is 0.393 e. The average Bonchev–Trinajstić information content (AvgIpc) is 3.24. The molecule has 8 nitrogen and oxygen atoms in total. The quantitative estimate of drug-likeness (QED) is 0.205. The van der Waals surface area contributed by atoms with Gasteiger partial charge in [-0.3, -0.25) is 4.79 Å². The molecule has 0 bridgehead atoms. The summed E-state index contributed by atoms with van der Waals surface area (Å²) in [4.78, 5) is 12.4. The molecule has 0 radical (unpaired) electrons. The number of sulfonamides is 1. The molecule has 1 aliphatic heterocycles. The van der Waals surface area contributed by atoms with Crippen LogP contribution in [0.25, 0.3) is 10.1 Å². The molecule has 3 N–H and O–H groups in total. The highest BCUT2D eigenvalue weighted by Gasteiger charge is 2.31. The average molecular weight is 663 g/mol. The third-order valence-electron chi connectivity index (χ3n) is 6.66. The van der Waals surface area contributed by atoms with Crippen molar-refractivity contribution in [2.45, 2.75) is 49.9 Å². The van der Waals surface area contributed by atoms with Crippen molar-refractivity contribution >= 4 is 48.7 Å². The number of benzene rings is 2. The molecule has 2 heterocycles. The molecule has 44 heavy (non-hydrogen) atoms. The van der Waals surface area contributed by atoms with Gasteiger partial charge in [-0.1, -0.05) is 24.0 Å². The molecule has 4 rings (SSSR count). The number of amides is 1. The first-order chi connectivity index (χ1) is 20.6. The van der Waals surface area contributed by atoms with Crippen LogP contribution in [0.2, 0.25) is 0 Å². The van der Waals surface area contributed by atoms with E-state index in [2.05, 4.69) is 32.1 Å². The third kappa shape index (κ3) is 8.48. The maximum absolute atomic E-state index is 14.7. The zero-order chi connectivity index (χ0) is 32.2. The van der Waals surface area contributed by atoms with E-state index in [4.69, 9.17) is 0 Å². The Hall–Kier alpha value is -3.68. The van der Waals surface area contributed by atoms with Crippen molar-refractivity contribution in [3.05, 3.63) is 46.6 Å². The first kappa shape index (κ1) is 33.2. The Morgan fingerprint density at radius 1 is 1.18 bits per heavy atom. The van der Waals surface area contributed by atoms with Gasteiger partial charge < -0.3 is 20.3 Å². The van der Waals surface area contributed by atoms with Gasteiger partial charge in [0.25, 0.3) is 10.0 Å². The lowest BCUT2D eigenvalue weighted by Gasteiger charge is -2.30. The van der Waals surface area contributed by atoms with Gasteiger partial charge in [0.1, 0.15) is 10.7 Å². The van der Waals surface area contributed by atoms with E-state index in [9.17, 15) is 39.6 Å². The molecule has 1 fully saturated rings. The number of nitrogens with one attached hydrogen (secondary N) is 3. The van der Waals surface area contributed by atoms with Crippen LogP contribution in [0, 0.1) is 17.7 Å². The number of carbonyl (C=O) groups is 1. The molecular formula is C28H28F6N4O4S2. The molecule has 0 spiro atoms. The van der Waals surface area contributed by atoms with Crippen LogP contribution in [0.1, 0.15) is 30.2 Å². The van der Waals surface area contributed by atoms with E-state index in [0.717, 1.165) is 44.2 Å². The number of anilines is 2. The van der Waals surface area contributed by atoms with Gasteiger partial charge in [-0.05, 0) is 50.0 Å². The maximum atomic E-state index is 14.7. The van der Waals surface area contributed by atoms with Gasteiger partial charge in [-0.2, -0.15) is 22.0 Å². The van der Waals surface area contributed by atoms with Crippen molar-refractivity contribution in [2.75, 3.05) is 37.3 Å². The molecule has 0 unspecified atom stereocenters. The summed E-state index contributed by atoms with van der Waals surface area (Å²) in [5, 5.41) is 6.40. The van der Waals surface area contributed by atoms with E-state index in [1.54, 1.807) is 12.1 Å². The topological polar surface area (TPSA) is 99.8 Å². The van der Waals surface area contributed by atoms with Crippen LogP contribution >= 0.6 is 11.3 Å². The lowest BCUT2D eigenvalue weighted by Crippen LogP contribution is -2.36. The minimum absolute atomic E-state index is 0.00248. The summed E-state index contributed by atoms with van der Waals surface area (Å²) in [5.41, 5.74) is 0.308. The molecule has 1 amide bonds. The molecule has 1 saturated heterocycles. The standard InChI is InChI=1S/C28H28F6N4O4S2/c1-16(39)37-44(40,41)25-14-23(42-27(30)31)22(13-20(25)29)35-10-4-7-24-19(15-28(32,33)34)18-5-3-6-21(26(18)43-24)36-17-8-11-38(2)12-9-17/h3,5-6,13-14,17,27,35-36H,8-12,15H2,1-2H3,(H,37,39). The Bertz CT molecular complexity index is 1690. The summed E-state index contributed by atoms with van der Waals surface area (Å²) in [5.74, 6) is 2.18. The summed E-state index contributed by atoms with van der Waals surface area (Å²) in [6, 6.07) is 6.30. The number of alkyl halides is 5. The molecule has 0 atom stereocenters. The van der Waals surface area contributed by atoms with E-state index >= 15 is 0 Å². The second-order valence-electron chi connectivity index (χ2n) is 10.1. The number of rotatable bonds is 9. The minimum atomic E-state index is -4.73. The number of ether oxygens (including phenoxy) is 1. The zero-order valence-corrected chi connectivity index (χ0v) is 25.1. The number of likely N-dealkylation sites (tertiary alicyclic amines) is 1. The Kier molecular flexibility index (Phi) is 10.2. The number of fused-ring (bicyclic) bond motifs is 1. The molecule has 1 aromatic heterocycles. The molecule has 3 aromatic rings. The van der Waals surface area contributed by atoms with Gasteiger partial charge in [0.05, 0.1) is 33.9 Å². The second kappa shape index (κ2) is 13.5. The lowest BCUT2D eigenvalue weighted by molar-refractivity contribution is -0.127.